The minimum absolute atomic E-state index is 0.209. The first kappa shape index (κ1) is 49.7. The maximum absolute atomic E-state index is 12.7. The van der Waals surface area contributed by atoms with E-state index in [-0.39, 0.29) is 32.0 Å². The fourth-order valence-corrected chi connectivity index (χ4v) is 6.95. The van der Waals surface area contributed by atoms with Gasteiger partial charge in [-0.15, -0.1) is 0 Å². The summed E-state index contributed by atoms with van der Waals surface area (Å²) in [5.74, 6) is -0.793. The lowest BCUT2D eigenvalue weighted by atomic mass is 9.99. The minimum atomic E-state index is -1.59. The number of hydrogen-bond acceptors (Lipinski definition) is 10. The van der Waals surface area contributed by atoms with Gasteiger partial charge in [0, 0.05) is 12.8 Å². The second-order valence-electron chi connectivity index (χ2n) is 15.5. The van der Waals surface area contributed by atoms with Crippen molar-refractivity contribution in [3.8, 4) is 0 Å². The van der Waals surface area contributed by atoms with Crippen molar-refractivity contribution in [2.24, 2.45) is 0 Å². The number of rotatable bonds is 37. The lowest BCUT2D eigenvalue weighted by Gasteiger charge is -2.39. The van der Waals surface area contributed by atoms with E-state index in [4.69, 9.17) is 18.9 Å². The Bertz CT molecular complexity index is 840. The van der Waals surface area contributed by atoms with E-state index in [2.05, 4.69) is 13.8 Å². The van der Waals surface area contributed by atoms with Gasteiger partial charge in [-0.3, -0.25) is 9.59 Å². The lowest BCUT2D eigenvalue weighted by Crippen LogP contribution is -2.59. The average molecular weight is 759 g/mol. The monoisotopic (exact) mass is 759 g/mol. The number of esters is 2. The van der Waals surface area contributed by atoms with Crippen molar-refractivity contribution in [1.82, 2.24) is 0 Å². The molecule has 4 N–H and O–H groups in total. The van der Waals surface area contributed by atoms with Crippen LogP contribution in [0, 0.1) is 0 Å². The van der Waals surface area contributed by atoms with Crippen molar-refractivity contribution < 1.29 is 49.0 Å². The summed E-state index contributed by atoms with van der Waals surface area (Å²) in [7, 11) is 0. The molecule has 1 rings (SSSR count). The number of carbonyl (C=O) groups is 2. The van der Waals surface area contributed by atoms with Crippen LogP contribution in [0.2, 0.25) is 0 Å². The van der Waals surface area contributed by atoms with Crippen molar-refractivity contribution in [2.45, 2.75) is 243 Å². The van der Waals surface area contributed by atoms with E-state index < -0.39 is 49.4 Å². The highest BCUT2D eigenvalue weighted by Crippen LogP contribution is 2.23. The van der Waals surface area contributed by atoms with E-state index in [1.807, 2.05) is 0 Å². The maximum Gasteiger partial charge on any atom is 0.306 e. The molecule has 0 unspecified atom stereocenters. The summed E-state index contributed by atoms with van der Waals surface area (Å²) in [6.07, 6.45) is 26.8. The third kappa shape index (κ3) is 27.0. The Morgan fingerprint density at radius 1 is 0.509 bits per heavy atom. The Morgan fingerprint density at radius 3 is 1.28 bits per heavy atom. The summed E-state index contributed by atoms with van der Waals surface area (Å²) in [6.45, 7) is 3.44. The fraction of sp³-hybridized carbons (Fsp3) is 0.953. The Balaban J connectivity index is 2.32. The van der Waals surface area contributed by atoms with Crippen molar-refractivity contribution in [3.05, 3.63) is 0 Å². The molecule has 0 aliphatic carbocycles. The fourth-order valence-electron chi connectivity index (χ4n) is 6.95. The van der Waals surface area contributed by atoms with Crippen LogP contribution in [-0.2, 0) is 28.5 Å². The molecule has 0 spiro atoms. The second kappa shape index (κ2) is 35.1. The first-order valence-electron chi connectivity index (χ1n) is 22.1. The van der Waals surface area contributed by atoms with Crippen LogP contribution >= 0.6 is 0 Å². The minimum Gasteiger partial charge on any atom is -0.462 e. The summed E-state index contributed by atoms with van der Waals surface area (Å²) < 4.78 is 22.1. The first-order valence-corrected chi connectivity index (χ1v) is 22.1. The topological polar surface area (TPSA) is 152 Å². The number of ether oxygens (including phenoxy) is 4. The van der Waals surface area contributed by atoms with Crippen molar-refractivity contribution in [3.63, 3.8) is 0 Å². The zero-order valence-corrected chi connectivity index (χ0v) is 34.0. The van der Waals surface area contributed by atoms with Gasteiger partial charge in [0.15, 0.2) is 12.4 Å². The van der Waals surface area contributed by atoms with Gasteiger partial charge >= 0.3 is 11.9 Å². The number of hydrogen-bond donors (Lipinski definition) is 4. The van der Waals surface area contributed by atoms with E-state index in [1.54, 1.807) is 0 Å². The molecule has 0 saturated carbocycles. The summed E-state index contributed by atoms with van der Waals surface area (Å²) in [6, 6.07) is 0. The standard InChI is InChI=1S/C43H82O10/c1-3-5-7-9-11-13-15-17-18-20-21-23-25-27-29-31-38(45)50-34-36(35-51-43-42(49)41(48)40(47)37(33-44)53-43)52-39(46)32-30-28-26-24-22-19-16-14-12-10-8-6-4-2/h36-37,40-44,47-49H,3-35H2,1-2H3/t36-,37-,40+,41+,42-,43-/m1/s1. The van der Waals surface area contributed by atoms with Gasteiger partial charge in [-0.2, -0.15) is 0 Å². The molecule has 1 fully saturated rings. The van der Waals surface area contributed by atoms with E-state index in [0.717, 1.165) is 38.5 Å². The van der Waals surface area contributed by atoms with Gasteiger partial charge in [0.1, 0.15) is 31.0 Å². The Morgan fingerprint density at radius 2 is 0.887 bits per heavy atom. The molecule has 10 nitrogen and oxygen atoms in total. The molecule has 0 aromatic heterocycles. The summed E-state index contributed by atoms with van der Waals surface area (Å²) in [5, 5.41) is 40.0. The molecule has 6 atom stereocenters. The highest BCUT2D eigenvalue weighted by molar-refractivity contribution is 5.70. The zero-order chi connectivity index (χ0) is 38.8. The summed E-state index contributed by atoms with van der Waals surface area (Å²) >= 11 is 0. The predicted octanol–water partition coefficient (Wildman–Crippen LogP) is 9.00. The molecule has 0 amide bonds. The molecular formula is C43H82O10. The van der Waals surface area contributed by atoms with Gasteiger partial charge < -0.3 is 39.4 Å². The molecule has 314 valence electrons. The highest BCUT2D eigenvalue weighted by atomic mass is 16.7. The summed E-state index contributed by atoms with van der Waals surface area (Å²) in [5.41, 5.74) is 0. The Hall–Kier alpha value is -1.30. The number of carbonyl (C=O) groups excluding carboxylic acids is 2. The molecule has 0 aromatic carbocycles. The quantitative estimate of drug-likeness (QED) is 0.0357. The number of unbranched alkanes of at least 4 members (excludes halogenated alkanes) is 26. The smallest absolute Gasteiger partial charge is 0.306 e. The van der Waals surface area contributed by atoms with Crippen LogP contribution in [0.25, 0.3) is 0 Å². The van der Waals surface area contributed by atoms with Gasteiger partial charge in [-0.1, -0.05) is 181 Å². The van der Waals surface area contributed by atoms with Crippen LogP contribution in [0.1, 0.15) is 206 Å². The van der Waals surface area contributed by atoms with Gasteiger partial charge in [-0.25, -0.2) is 0 Å². The van der Waals surface area contributed by atoms with E-state index in [9.17, 15) is 30.0 Å². The molecule has 0 radical (unpaired) electrons. The van der Waals surface area contributed by atoms with Crippen molar-refractivity contribution >= 4 is 11.9 Å². The van der Waals surface area contributed by atoms with Crippen LogP contribution < -0.4 is 0 Å². The van der Waals surface area contributed by atoms with Crippen LogP contribution in [0.15, 0.2) is 0 Å². The molecule has 1 heterocycles. The van der Waals surface area contributed by atoms with Gasteiger partial charge in [0.2, 0.25) is 0 Å². The average Bonchev–Trinajstić information content (AvgIpc) is 3.15. The van der Waals surface area contributed by atoms with E-state index in [0.29, 0.717) is 6.42 Å². The normalized spacial score (nSPS) is 20.8. The molecule has 1 aliphatic heterocycles. The van der Waals surface area contributed by atoms with E-state index in [1.165, 1.54) is 135 Å². The molecule has 1 aliphatic rings. The summed E-state index contributed by atoms with van der Waals surface area (Å²) in [4.78, 5) is 25.3. The number of aliphatic hydroxyl groups is 4. The van der Waals surface area contributed by atoms with Crippen molar-refractivity contribution in [1.29, 1.82) is 0 Å². The highest BCUT2D eigenvalue weighted by Gasteiger charge is 2.44. The molecule has 53 heavy (non-hydrogen) atoms. The molecule has 0 bridgehead atoms. The number of aliphatic hydroxyl groups excluding tert-OH is 4. The van der Waals surface area contributed by atoms with Crippen LogP contribution in [0.5, 0.6) is 0 Å². The predicted molar refractivity (Wildman–Crippen MR) is 210 cm³/mol. The SMILES string of the molecule is CCCCCCCCCCCCCCCCCC(=O)OC[C@H](CO[C@@H]1O[C@H](CO)[C@H](O)[C@H](O)[C@H]1O)OC(=O)CCCCCCCCCCCCCCC. The van der Waals surface area contributed by atoms with Crippen LogP contribution in [-0.4, -0.2) is 89.0 Å². The second-order valence-corrected chi connectivity index (χ2v) is 15.5. The van der Waals surface area contributed by atoms with Gasteiger partial charge in [0.25, 0.3) is 0 Å². The first-order chi connectivity index (χ1) is 25.8. The zero-order valence-electron chi connectivity index (χ0n) is 34.0. The largest absolute Gasteiger partial charge is 0.462 e. The van der Waals surface area contributed by atoms with Crippen LogP contribution in [0.4, 0.5) is 0 Å². The van der Waals surface area contributed by atoms with Gasteiger partial charge in [-0.05, 0) is 12.8 Å². The molecule has 0 aromatic rings. The third-order valence-corrected chi connectivity index (χ3v) is 10.5. The molecule has 1 saturated heterocycles. The van der Waals surface area contributed by atoms with Gasteiger partial charge in [0.05, 0.1) is 13.2 Å². The van der Waals surface area contributed by atoms with Crippen molar-refractivity contribution in [2.75, 3.05) is 19.8 Å². The lowest BCUT2D eigenvalue weighted by molar-refractivity contribution is -0.305. The third-order valence-electron chi connectivity index (χ3n) is 10.5. The maximum atomic E-state index is 12.7. The van der Waals surface area contributed by atoms with E-state index >= 15 is 0 Å². The Labute approximate surface area is 323 Å². The molecular weight excluding hydrogens is 676 g/mol. The molecule has 10 heteroatoms. The van der Waals surface area contributed by atoms with Crippen LogP contribution in [0.3, 0.4) is 0 Å². The Kier molecular flexibility index (Phi) is 33.0.